The molecule has 0 radical (unpaired) electrons. The van der Waals surface area contributed by atoms with Crippen LogP contribution < -0.4 is 0 Å². The number of aliphatic hydroxyl groups is 1. The van der Waals surface area contributed by atoms with Crippen LogP contribution in [0.25, 0.3) is 0 Å². The van der Waals surface area contributed by atoms with Gasteiger partial charge in [0, 0.05) is 5.92 Å². The van der Waals surface area contributed by atoms with Gasteiger partial charge in [0.25, 0.3) is 0 Å². The lowest BCUT2D eigenvalue weighted by Gasteiger charge is -2.24. The van der Waals surface area contributed by atoms with Gasteiger partial charge >= 0.3 is 0 Å². The molecule has 0 saturated carbocycles. The zero-order valence-corrected chi connectivity index (χ0v) is 9.93. The van der Waals surface area contributed by atoms with E-state index < -0.39 is 6.10 Å². The van der Waals surface area contributed by atoms with Crippen molar-refractivity contribution in [2.24, 2.45) is 0 Å². The number of allylic oxidation sites excluding steroid dienone is 1. The van der Waals surface area contributed by atoms with Crippen molar-refractivity contribution in [2.45, 2.75) is 37.7 Å². The van der Waals surface area contributed by atoms with Crippen molar-refractivity contribution in [3.8, 4) is 0 Å². The average Bonchev–Trinajstić information content (AvgIpc) is 2.83. The van der Waals surface area contributed by atoms with Crippen molar-refractivity contribution in [1.82, 2.24) is 0 Å². The van der Waals surface area contributed by atoms with E-state index in [1.807, 2.05) is 0 Å². The molecule has 2 nitrogen and oxygen atoms in total. The molecule has 1 aromatic rings. The van der Waals surface area contributed by atoms with Gasteiger partial charge in [-0.1, -0.05) is 24.3 Å². The molecule has 1 aliphatic heterocycles. The topological polar surface area (TPSA) is 29.5 Å². The van der Waals surface area contributed by atoms with Gasteiger partial charge < -0.3 is 9.84 Å². The van der Waals surface area contributed by atoms with Crippen LogP contribution in [-0.2, 0) is 11.2 Å². The molecule has 2 unspecified atom stereocenters. The number of aryl methyl sites for hydroxylation is 1. The van der Waals surface area contributed by atoms with Crippen molar-refractivity contribution in [1.29, 1.82) is 0 Å². The molecule has 17 heavy (non-hydrogen) atoms. The van der Waals surface area contributed by atoms with Gasteiger partial charge in [-0.3, -0.25) is 0 Å². The lowest BCUT2D eigenvalue weighted by atomic mass is 9.93. The Morgan fingerprint density at radius 2 is 2.18 bits per heavy atom. The number of hydrogen-bond acceptors (Lipinski definition) is 2. The van der Waals surface area contributed by atoms with Crippen LogP contribution in [0.3, 0.4) is 0 Å². The predicted octanol–water partition coefficient (Wildman–Crippen LogP) is 2.77. The van der Waals surface area contributed by atoms with Crippen LogP contribution >= 0.6 is 0 Å². The minimum Gasteiger partial charge on any atom is -0.495 e. The predicted molar refractivity (Wildman–Crippen MR) is 66.8 cm³/mol. The molecule has 0 saturated heterocycles. The van der Waals surface area contributed by atoms with Gasteiger partial charge in [0.2, 0.25) is 0 Å². The molecule has 0 bridgehead atoms. The van der Waals surface area contributed by atoms with Crippen molar-refractivity contribution >= 4 is 0 Å². The van der Waals surface area contributed by atoms with E-state index in [1.54, 1.807) is 0 Å². The molecule has 0 aromatic heterocycles. The standard InChI is InChI=1S/C15H18O2/c16-15(14-7-3-4-10-17-14)13-9-8-11-5-1-2-6-12(11)13/h1-2,5-7,13,15-16H,3-4,8-10H2. The Balaban J connectivity index is 1.84. The van der Waals surface area contributed by atoms with Gasteiger partial charge in [-0.2, -0.15) is 0 Å². The summed E-state index contributed by atoms with van der Waals surface area (Å²) >= 11 is 0. The molecule has 0 amide bonds. The lowest BCUT2D eigenvalue weighted by Crippen LogP contribution is -2.22. The van der Waals surface area contributed by atoms with Crippen molar-refractivity contribution in [3.63, 3.8) is 0 Å². The molecule has 90 valence electrons. The van der Waals surface area contributed by atoms with Gasteiger partial charge in [-0.15, -0.1) is 0 Å². The van der Waals surface area contributed by atoms with Gasteiger partial charge in [0.15, 0.2) is 0 Å². The van der Waals surface area contributed by atoms with Crippen molar-refractivity contribution < 1.29 is 9.84 Å². The Bertz CT molecular complexity index is 436. The lowest BCUT2D eigenvalue weighted by molar-refractivity contribution is 0.0752. The number of rotatable bonds is 2. The number of benzene rings is 1. The fourth-order valence-electron chi connectivity index (χ4n) is 2.90. The second-order valence-corrected chi connectivity index (χ2v) is 4.89. The zero-order chi connectivity index (χ0) is 11.7. The van der Waals surface area contributed by atoms with Crippen LogP contribution in [0.2, 0.25) is 0 Å². The van der Waals surface area contributed by atoms with E-state index in [0.717, 1.165) is 38.0 Å². The first-order valence-electron chi connectivity index (χ1n) is 6.45. The van der Waals surface area contributed by atoms with Crippen molar-refractivity contribution in [2.75, 3.05) is 6.61 Å². The van der Waals surface area contributed by atoms with E-state index >= 15 is 0 Å². The molecular formula is C15H18O2. The average molecular weight is 230 g/mol. The number of hydrogen-bond donors (Lipinski definition) is 1. The van der Waals surface area contributed by atoms with Gasteiger partial charge in [0.05, 0.1) is 6.61 Å². The molecule has 2 heteroatoms. The summed E-state index contributed by atoms with van der Waals surface area (Å²) in [5, 5.41) is 10.4. The zero-order valence-electron chi connectivity index (χ0n) is 9.93. The monoisotopic (exact) mass is 230 g/mol. The molecule has 0 spiro atoms. The maximum atomic E-state index is 10.4. The van der Waals surface area contributed by atoms with E-state index in [0.29, 0.717) is 0 Å². The van der Waals surface area contributed by atoms with Crippen LogP contribution in [0.15, 0.2) is 36.1 Å². The second kappa shape index (κ2) is 4.53. The van der Waals surface area contributed by atoms with Crippen LogP contribution in [0.1, 0.15) is 36.3 Å². The Hall–Kier alpha value is -1.28. The fourth-order valence-corrected chi connectivity index (χ4v) is 2.90. The molecule has 1 N–H and O–H groups in total. The van der Waals surface area contributed by atoms with Crippen LogP contribution in [0, 0.1) is 0 Å². The summed E-state index contributed by atoms with van der Waals surface area (Å²) < 4.78 is 5.58. The highest BCUT2D eigenvalue weighted by atomic mass is 16.5. The van der Waals surface area contributed by atoms with Crippen LogP contribution in [0.4, 0.5) is 0 Å². The number of aliphatic hydroxyl groups excluding tert-OH is 1. The maximum absolute atomic E-state index is 10.4. The summed E-state index contributed by atoms with van der Waals surface area (Å²) in [5.41, 5.74) is 2.68. The summed E-state index contributed by atoms with van der Waals surface area (Å²) in [5.74, 6) is 1.01. The Morgan fingerprint density at radius 3 is 3.00 bits per heavy atom. The molecule has 1 aliphatic carbocycles. The quantitative estimate of drug-likeness (QED) is 0.846. The summed E-state index contributed by atoms with van der Waals surface area (Å²) in [6.07, 6.45) is 5.79. The first-order chi connectivity index (χ1) is 8.36. The number of fused-ring (bicyclic) bond motifs is 1. The summed E-state index contributed by atoms with van der Waals surface area (Å²) in [7, 11) is 0. The SMILES string of the molecule is OC(C1=CCCCO1)C1CCc2ccccc21. The smallest absolute Gasteiger partial charge is 0.121 e. The second-order valence-electron chi connectivity index (χ2n) is 4.89. The van der Waals surface area contributed by atoms with Crippen LogP contribution in [-0.4, -0.2) is 17.8 Å². The third kappa shape index (κ3) is 1.98. The Kier molecular flexibility index (Phi) is 2.89. The molecule has 1 aromatic carbocycles. The molecule has 0 fully saturated rings. The highest BCUT2D eigenvalue weighted by Gasteiger charge is 2.31. The minimum atomic E-state index is -0.459. The largest absolute Gasteiger partial charge is 0.495 e. The summed E-state index contributed by atoms with van der Waals surface area (Å²) in [6, 6.07) is 8.43. The molecular weight excluding hydrogens is 212 g/mol. The Labute approximate surface area is 102 Å². The van der Waals surface area contributed by atoms with E-state index in [4.69, 9.17) is 4.74 Å². The van der Waals surface area contributed by atoms with E-state index in [1.165, 1.54) is 11.1 Å². The minimum absolute atomic E-state index is 0.218. The Morgan fingerprint density at radius 1 is 1.29 bits per heavy atom. The molecule has 1 heterocycles. The van der Waals surface area contributed by atoms with Gasteiger partial charge in [-0.05, 0) is 42.9 Å². The van der Waals surface area contributed by atoms with Gasteiger partial charge in [0.1, 0.15) is 11.9 Å². The number of ether oxygens (including phenoxy) is 1. The first kappa shape index (κ1) is 10.8. The third-order valence-electron chi connectivity index (χ3n) is 3.81. The molecule has 3 rings (SSSR count). The summed E-state index contributed by atoms with van der Waals surface area (Å²) in [4.78, 5) is 0. The fraction of sp³-hybridized carbons (Fsp3) is 0.467. The normalized spacial score (nSPS) is 24.8. The van der Waals surface area contributed by atoms with E-state index in [-0.39, 0.29) is 5.92 Å². The van der Waals surface area contributed by atoms with Crippen LogP contribution in [0.5, 0.6) is 0 Å². The molecule has 2 atom stereocenters. The highest BCUT2D eigenvalue weighted by Crippen LogP contribution is 2.38. The third-order valence-corrected chi connectivity index (χ3v) is 3.81. The van der Waals surface area contributed by atoms with E-state index in [2.05, 4.69) is 30.3 Å². The van der Waals surface area contributed by atoms with Crippen molar-refractivity contribution in [3.05, 3.63) is 47.2 Å². The first-order valence-corrected chi connectivity index (χ1v) is 6.45. The van der Waals surface area contributed by atoms with E-state index in [9.17, 15) is 5.11 Å². The van der Waals surface area contributed by atoms with Gasteiger partial charge in [-0.25, -0.2) is 0 Å². The molecule has 2 aliphatic rings. The summed E-state index contributed by atoms with van der Waals surface area (Å²) in [6.45, 7) is 0.747. The maximum Gasteiger partial charge on any atom is 0.121 e. The highest BCUT2D eigenvalue weighted by molar-refractivity contribution is 5.37.